The van der Waals surface area contributed by atoms with Crippen molar-refractivity contribution in [1.29, 1.82) is 0 Å². The van der Waals surface area contributed by atoms with E-state index in [-0.39, 0.29) is 27.1 Å². The highest BCUT2D eigenvalue weighted by Gasteiger charge is 2.38. The third kappa shape index (κ3) is 5.57. The first-order chi connectivity index (χ1) is 15.3. The summed E-state index contributed by atoms with van der Waals surface area (Å²) in [6, 6.07) is 9.87. The van der Waals surface area contributed by atoms with Crippen molar-refractivity contribution in [2.75, 3.05) is 7.11 Å². The van der Waals surface area contributed by atoms with Crippen molar-refractivity contribution in [1.82, 2.24) is 4.57 Å². The van der Waals surface area contributed by atoms with Gasteiger partial charge in [0.25, 0.3) is 0 Å². The minimum Gasteiger partial charge on any atom is -0.497 e. The molecule has 0 unspecified atom stereocenters. The molecule has 9 heteroatoms. The number of nitrogens with zero attached hydrogens (tertiary/aromatic N) is 1. The number of aromatic nitrogens is 1. The zero-order valence-electron chi connectivity index (χ0n) is 18.3. The highest BCUT2D eigenvalue weighted by molar-refractivity contribution is 6.31. The van der Waals surface area contributed by atoms with E-state index >= 15 is 0 Å². The van der Waals surface area contributed by atoms with E-state index in [0.29, 0.717) is 11.8 Å². The van der Waals surface area contributed by atoms with Gasteiger partial charge in [0.15, 0.2) is 5.78 Å². The second-order valence-electron chi connectivity index (χ2n) is 8.20. The number of hydrogen-bond donors (Lipinski definition) is 0. The number of allylic oxidation sites excluding steroid dienone is 2. The molecule has 0 saturated heterocycles. The number of rotatable bonds is 4. The van der Waals surface area contributed by atoms with Gasteiger partial charge in [0.05, 0.1) is 18.2 Å². The number of carbonyl (C=O) groups excluding carboxylic acids is 2. The van der Waals surface area contributed by atoms with Gasteiger partial charge in [-0.05, 0) is 69.3 Å². The van der Waals surface area contributed by atoms with Crippen LogP contribution < -0.4 is 4.74 Å². The molecule has 0 aliphatic heterocycles. The SMILES string of the molecule is COc1ccc(C(=O)/C=C(\c2cn(C(=O)OC(C)(C)C)c3ccc(Cl)cc23)C(F)(F)F)cc1. The van der Waals surface area contributed by atoms with Gasteiger partial charge in [0.2, 0.25) is 0 Å². The summed E-state index contributed by atoms with van der Waals surface area (Å²) >= 11 is 6.03. The summed E-state index contributed by atoms with van der Waals surface area (Å²) < 4.78 is 53.6. The van der Waals surface area contributed by atoms with Gasteiger partial charge in [-0.1, -0.05) is 11.6 Å². The van der Waals surface area contributed by atoms with E-state index < -0.39 is 29.2 Å². The molecule has 1 heterocycles. The molecule has 1 aromatic heterocycles. The van der Waals surface area contributed by atoms with Crippen LogP contribution in [0.5, 0.6) is 5.75 Å². The van der Waals surface area contributed by atoms with E-state index in [9.17, 15) is 22.8 Å². The molecule has 0 aliphatic carbocycles. The fourth-order valence-corrected chi connectivity index (χ4v) is 3.33. The molecule has 0 bridgehead atoms. The molecular weight excluding hydrogens is 459 g/mol. The average molecular weight is 480 g/mol. The van der Waals surface area contributed by atoms with Crippen LogP contribution >= 0.6 is 11.6 Å². The normalized spacial score (nSPS) is 12.7. The topological polar surface area (TPSA) is 57.5 Å². The number of alkyl halides is 3. The van der Waals surface area contributed by atoms with Crippen LogP contribution in [0, 0.1) is 0 Å². The number of methoxy groups -OCH3 is 1. The molecule has 0 saturated carbocycles. The Kier molecular flexibility index (Phi) is 6.61. The number of carbonyl (C=O) groups is 2. The Balaban J connectivity index is 2.18. The first-order valence-corrected chi connectivity index (χ1v) is 10.2. The standard InChI is InChI=1S/C24H21ClF3NO4/c1-23(2,3)33-22(31)29-13-18(17-11-15(25)7-10-20(17)29)19(24(26,27)28)12-21(30)14-5-8-16(32-4)9-6-14/h5-13H,1-4H3/b19-12+. The summed E-state index contributed by atoms with van der Waals surface area (Å²) in [4.78, 5) is 25.3. The molecule has 0 radical (unpaired) electrons. The summed E-state index contributed by atoms with van der Waals surface area (Å²) in [5.74, 6) is -0.396. The Morgan fingerprint density at radius 1 is 1.03 bits per heavy atom. The maximum Gasteiger partial charge on any atom is 0.419 e. The molecule has 0 amide bonds. The molecule has 33 heavy (non-hydrogen) atoms. The van der Waals surface area contributed by atoms with Crippen LogP contribution in [0.2, 0.25) is 5.02 Å². The van der Waals surface area contributed by atoms with Crippen molar-refractivity contribution in [3.63, 3.8) is 0 Å². The second kappa shape index (κ2) is 8.94. The number of fused-ring (bicyclic) bond motifs is 1. The molecule has 0 spiro atoms. The molecule has 0 N–H and O–H groups in total. The molecular formula is C24H21ClF3NO4. The predicted molar refractivity (Wildman–Crippen MR) is 120 cm³/mol. The average Bonchev–Trinajstić information content (AvgIpc) is 3.08. The Bertz CT molecular complexity index is 1240. The first-order valence-electron chi connectivity index (χ1n) is 9.82. The second-order valence-corrected chi connectivity index (χ2v) is 8.64. The smallest absolute Gasteiger partial charge is 0.419 e. The number of hydrogen-bond acceptors (Lipinski definition) is 4. The lowest BCUT2D eigenvalue weighted by atomic mass is 10.0. The highest BCUT2D eigenvalue weighted by Crippen LogP contribution is 2.39. The number of halogens is 4. The summed E-state index contributed by atoms with van der Waals surface area (Å²) in [5.41, 5.74) is -2.24. The van der Waals surface area contributed by atoms with Gasteiger partial charge in [0, 0.05) is 27.7 Å². The maximum atomic E-state index is 14.1. The Labute approximate surface area is 193 Å². The van der Waals surface area contributed by atoms with Gasteiger partial charge < -0.3 is 9.47 Å². The van der Waals surface area contributed by atoms with Gasteiger partial charge in [-0.3, -0.25) is 9.36 Å². The van der Waals surface area contributed by atoms with Crippen LogP contribution in [-0.2, 0) is 4.74 Å². The first kappa shape index (κ1) is 24.4. The molecule has 2 aromatic carbocycles. The third-order valence-electron chi connectivity index (χ3n) is 4.60. The van der Waals surface area contributed by atoms with E-state index in [1.165, 1.54) is 49.6 Å². The third-order valence-corrected chi connectivity index (χ3v) is 4.84. The van der Waals surface area contributed by atoms with Crippen molar-refractivity contribution in [2.24, 2.45) is 0 Å². The van der Waals surface area contributed by atoms with Crippen molar-refractivity contribution in [3.05, 3.63) is 70.9 Å². The fraction of sp³-hybridized carbons (Fsp3) is 0.250. The molecule has 0 fully saturated rings. The van der Waals surface area contributed by atoms with Crippen molar-refractivity contribution in [2.45, 2.75) is 32.5 Å². The quantitative estimate of drug-likeness (QED) is 0.301. The lowest BCUT2D eigenvalue weighted by Gasteiger charge is -2.19. The van der Waals surface area contributed by atoms with E-state index in [4.69, 9.17) is 21.1 Å². The minimum absolute atomic E-state index is 0.0477. The Morgan fingerprint density at radius 3 is 2.21 bits per heavy atom. The van der Waals surface area contributed by atoms with Crippen LogP contribution in [0.15, 0.2) is 54.7 Å². The number of ketones is 1. The van der Waals surface area contributed by atoms with E-state index in [2.05, 4.69) is 0 Å². The highest BCUT2D eigenvalue weighted by atomic mass is 35.5. The van der Waals surface area contributed by atoms with Crippen LogP contribution in [-0.4, -0.2) is 35.3 Å². The monoisotopic (exact) mass is 479 g/mol. The van der Waals surface area contributed by atoms with Gasteiger partial charge in [-0.15, -0.1) is 0 Å². The molecule has 0 atom stereocenters. The predicted octanol–water partition coefficient (Wildman–Crippen LogP) is 6.92. The van der Waals surface area contributed by atoms with Gasteiger partial charge in [-0.2, -0.15) is 13.2 Å². The maximum absolute atomic E-state index is 14.1. The summed E-state index contributed by atoms with van der Waals surface area (Å²) in [6.07, 6.45) is -4.23. The van der Waals surface area contributed by atoms with Crippen molar-refractivity contribution >= 4 is 40.0 Å². The Morgan fingerprint density at radius 2 is 1.67 bits per heavy atom. The summed E-state index contributed by atoms with van der Waals surface area (Å²) in [5, 5.41) is 0.230. The fourth-order valence-electron chi connectivity index (χ4n) is 3.16. The molecule has 3 rings (SSSR count). The van der Waals surface area contributed by atoms with Crippen LogP contribution in [0.1, 0.15) is 36.7 Å². The van der Waals surface area contributed by atoms with Gasteiger partial charge >= 0.3 is 12.3 Å². The van der Waals surface area contributed by atoms with Crippen molar-refractivity contribution < 1.29 is 32.2 Å². The van der Waals surface area contributed by atoms with Crippen LogP contribution in [0.4, 0.5) is 18.0 Å². The number of ether oxygens (including phenoxy) is 2. The largest absolute Gasteiger partial charge is 0.497 e. The zero-order valence-corrected chi connectivity index (χ0v) is 19.0. The lowest BCUT2D eigenvalue weighted by molar-refractivity contribution is -0.0689. The van der Waals surface area contributed by atoms with Gasteiger partial charge in [0.1, 0.15) is 11.4 Å². The van der Waals surface area contributed by atoms with Crippen molar-refractivity contribution in [3.8, 4) is 5.75 Å². The minimum atomic E-state index is -4.89. The van der Waals surface area contributed by atoms with Crippen LogP contribution in [0.25, 0.3) is 16.5 Å². The van der Waals surface area contributed by atoms with Crippen LogP contribution in [0.3, 0.4) is 0 Å². The van der Waals surface area contributed by atoms with E-state index in [1.54, 1.807) is 20.8 Å². The lowest BCUT2D eigenvalue weighted by Crippen LogP contribution is -2.26. The summed E-state index contributed by atoms with van der Waals surface area (Å²) in [7, 11) is 1.43. The van der Waals surface area contributed by atoms with E-state index in [0.717, 1.165) is 10.8 Å². The molecule has 3 aromatic rings. The van der Waals surface area contributed by atoms with E-state index in [1.807, 2.05) is 0 Å². The van der Waals surface area contributed by atoms with Gasteiger partial charge in [-0.25, -0.2) is 4.79 Å². The molecule has 0 aliphatic rings. The number of benzene rings is 2. The zero-order chi connectivity index (χ0) is 24.6. The summed E-state index contributed by atoms with van der Waals surface area (Å²) in [6.45, 7) is 4.93. The molecule has 5 nitrogen and oxygen atoms in total. The Hall–Kier alpha value is -3.26. The molecule has 174 valence electrons.